The number of hydrogen-bond acceptors (Lipinski definition) is 5. The third kappa shape index (κ3) is 3.49. The van der Waals surface area contributed by atoms with Crippen molar-refractivity contribution in [3.8, 4) is 28.3 Å². The first-order chi connectivity index (χ1) is 20.8. The van der Waals surface area contributed by atoms with Gasteiger partial charge in [0.1, 0.15) is 11.2 Å². The number of para-hydroxylation sites is 2. The van der Waals surface area contributed by atoms with Crippen molar-refractivity contribution >= 4 is 64.3 Å². The Bertz CT molecular complexity index is 2460. The second-order valence-corrected chi connectivity index (χ2v) is 11.4. The summed E-state index contributed by atoms with van der Waals surface area (Å²) >= 11 is 1.69. The highest BCUT2D eigenvalue weighted by molar-refractivity contribution is 7.25. The summed E-state index contributed by atoms with van der Waals surface area (Å²) in [6.07, 6.45) is 3.53. The lowest BCUT2D eigenvalue weighted by atomic mass is 10.0. The van der Waals surface area contributed by atoms with Gasteiger partial charge in [0.15, 0.2) is 0 Å². The third-order valence-corrected chi connectivity index (χ3v) is 9.08. The van der Waals surface area contributed by atoms with Gasteiger partial charge in [0, 0.05) is 43.4 Å². The van der Waals surface area contributed by atoms with Gasteiger partial charge in [0.05, 0.1) is 22.2 Å². The molecule has 196 valence electrons. The largest absolute Gasteiger partial charge is 0.278 e. The van der Waals surface area contributed by atoms with Crippen LogP contribution in [0.25, 0.3) is 81.3 Å². The standard InChI is InChI=1S/C36H21N5S/c1-2-8-22(9-3-1)23-14-16-24(17-15-23)34-26-11-4-6-12-30(26)39-36(40-34)41-31-13-7-5-10-25(31)27-18-28-29-20-37-21-38-35(29)42-33(28)19-32(27)41/h1-21H. The highest BCUT2D eigenvalue weighted by atomic mass is 32.1. The summed E-state index contributed by atoms with van der Waals surface area (Å²) in [6.45, 7) is 0. The summed E-state index contributed by atoms with van der Waals surface area (Å²) < 4.78 is 3.37. The van der Waals surface area contributed by atoms with E-state index in [1.165, 1.54) is 21.2 Å². The number of fused-ring (bicyclic) bond motifs is 7. The molecule has 5 aromatic carbocycles. The van der Waals surface area contributed by atoms with E-state index in [2.05, 4.69) is 118 Å². The SMILES string of the molecule is c1ccc(-c2ccc(-c3nc(-n4c5ccccc5c5cc6c(cc54)sc4ncncc46)nc4ccccc34)cc2)cc1. The molecule has 42 heavy (non-hydrogen) atoms. The van der Waals surface area contributed by atoms with Crippen molar-refractivity contribution in [3.05, 3.63) is 128 Å². The molecule has 6 heteroatoms. The molecule has 9 rings (SSSR count). The molecule has 0 spiro atoms. The minimum atomic E-state index is 0.655. The van der Waals surface area contributed by atoms with Crippen LogP contribution >= 0.6 is 11.3 Å². The molecule has 4 heterocycles. The molecule has 0 aliphatic rings. The topological polar surface area (TPSA) is 56.5 Å². The molecule has 0 radical (unpaired) electrons. The van der Waals surface area contributed by atoms with E-state index < -0.39 is 0 Å². The molecule has 0 atom stereocenters. The van der Waals surface area contributed by atoms with E-state index in [1.807, 2.05) is 18.3 Å². The summed E-state index contributed by atoms with van der Waals surface area (Å²) in [7, 11) is 0. The minimum Gasteiger partial charge on any atom is -0.278 e. The molecular weight excluding hydrogens is 534 g/mol. The third-order valence-electron chi connectivity index (χ3n) is 8.00. The fourth-order valence-corrected chi connectivity index (χ4v) is 7.06. The number of hydrogen-bond donors (Lipinski definition) is 0. The van der Waals surface area contributed by atoms with Crippen LogP contribution in [-0.2, 0) is 0 Å². The highest BCUT2D eigenvalue weighted by Crippen LogP contribution is 2.40. The van der Waals surface area contributed by atoms with Gasteiger partial charge in [-0.3, -0.25) is 4.57 Å². The first kappa shape index (κ1) is 23.3. The number of aromatic nitrogens is 5. The van der Waals surface area contributed by atoms with E-state index in [4.69, 9.17) is 9.97 Å². The van der Waals surface area contributed by atoms with Gasteiger partial charge in [-0.15, -0.1) is 11.3 Å². The van der Waals surface area contributed by atoms with Gasteiger partial charge in [-0.25, -0.2) is 19.9 Å². The van der Waals surface area contributed by atoms with Crippen molar-refractivity contribution in [1.82, 2.24) is 24.5 Å². The van der Waals surface area contributed by atoms with E-state index in [0.717, 1.165) is 54.2 Å². The van der Waals surface area contributed by atoms with Crippen LogP contribution in [0.3, 0.4) is 0 Å². The molecule has 9 aromatic rings. The Morgan fingerprint density at radius 1 is 0.548 bits per heavy atom. The Kier molecular flexibility index (Phi) is 5.00. The van der Waals surface area contributed by atoms with Gasteiger partial charge >= 0.3 is 0 Å². The van der Waals surface area contributed by atoms with Crippen LogP contribution in [-0.4, -0.2) is 24.5 Å². The van der Waals surface area contributed by atoms with Gasteiger partial charge in [-0.1, -0.05) is 91.0 Å². The molecule has 4 aromatic heterocycles. The molecule has 0 N–H and O–H groups in total. The van der Waals surface area contributed by atoms with Crippen LogP contribution in [0.4, 0.5) is 0 Å². The highest BCUT2D eigenvalue weighted by Gasteiger charge is 2.19. The first-order valence-corrected chi connectivity index (χ1v) is 14.6. The molecule has 0 aliphatic heterocycles. The quantitative estimate of drug-likeness (QED) is 0.218. The summed E-state index contributed by atoms with van der Waals surface area (Å²) in [4.78, 5) is 20.2. The predicted molar refractivity (Wildman–Crippen MR) is 173 cm³/mol. The summed E-state index contributed by atoms with van der Waals surface area (Å²) in [5.41, 5.74) is 7.41. The average molecular weight is 556 g/mol. The van der Waals surface area contributed by atoms with Gasteiger partial charge in [0.25, 0.3) is 0 Å². The summed E-state index contributed by atoms with van der Waals surface area (Å²) in [5, 5.41) is 5.60. The zero-order valence-corrected chi connectivity index (χ0v) is 23.1. The van der Waals surface area contributed by atoms with Gasteiger partial charge in [0.2, 0.25) is 5.95 Å². The Morgan fingerprint density at radius 2 is 1.29 bits per heavy atom. The molecule has 0 amide bonds. The molecule has 5 nitrogen and oxygen atoms in total. The van der Waals surface area contributed by atoms with Crippen LogP contribution in [0.1, 0.15) is 0 Å². The number of benzene rings is 5. The zero-order chi connectivity index (χ0) is 27.6. The molecule has 0 fully saturated rings. The molecule has 0 unspecified atom stereocenters. The van der Waals surface area contributed by atoms with Crippen LogP contribution in [0, 0.1) is 0 Å². The molecule has 0 saturated carbocycles. The van der Waals surface area contributed by atoms with Crippen molar-refractivity contribution < 1.29 is 0 Å². The fraction of sp³-hybridized carbons (Fsp3) is 0. The maximum atomic E-state index is 5.27. The van der Waals surface area contributed by atoms with Gasteiger partial charge in [-0.05, 0) is 35.4 Å². The second kappa shape index (κ2) is 9.03. The molecule has 0 aliphatic carbocycles. The lowest BCUT2D eigenvalue weighted by molar-refractivity contribution is 1.01. The smallest absolute Gasteiger partial charge is 0.235 e. The van der Waals surface area contributed by atoms with Crippen LogP contribution in [0.2, 0.25) is 0 Å². The fourth-order valence-electron chi connectivity index (χ4n) is 6.03. The number of rotatable bonds is 3. The van der Waals surface area contributed by atoms with E-state index in [1.54, 1.807) is 17.7 Å². The predicted octanol–water partition coefficient (Wildman–Crippen LogP) is 9.22. The first-order valence-electron chi connectivity index (χ1n) is 13.8. The van der Waals surface area contributed by atoms with Crippen molar-refractivity contribution in [2.24, 2.45) is 0 Å². The summed E-state index contributed by atoms with van der Waals surface area (Å²) in [6, 6.07) is 40.4. The van der Waals surface area contributed by atoms with Crippen molar-refractivity contribution in [3.63, 3.8) is 0 Å². The lowest BCUT2D eigenvalue weighted by Gasteiger charge is -2.12. The van der Waals surface area contributed by atoms with E-state index in [0.29, 0.717) is 5.95 Å². The second-order valence-electron chi connectivity index (χ2n) is 10.4. The maximum absolute atomic E-state index is 5.27. The Balaban J connectivity index is 1.31. The van der Waals surface area contributed by atoms with Crippen molar-refractivity contribution in [1.29, 1.82) is 0 Å². The van der Waals surface area contributed by atoms with Crippen molar-refractivity contribution in [2.45, 2.75) is 0 Å². The van der Waals surface area contributed by atoms with E-state index >= 15 is 0 Å². The van der Waals surface area contributed by atoms with Gasteiger partial charge < -0.3 is 0 Å². The molecule has 0 bridgehead atoms. The lowest BCUT2D eigenvalue weighted by Crippen LogP contribution is -2.03. The Morgan fingerprint density at radius 3 is 2.17 bits per heavy atom. The molecular formula is C36H21N5S. The van der Waals surface area contributed by atoms with Crippen LogP contribution < -0.4 is 0 Å². The number of thiophene rings is 1. The normalized spacial score (nSPS) is 11.8. The van der Waals surface area contributed by atoms with Crippen LogP contribution in [0.15, 0.2) is 128 Å². The van der Waals surface area contributed by atoms with E-state index in [9.17, 15) is 0 Å². The minimum absolute atomic E-state index is 0.655. The average Bonchev–Trinajstić information content (AvgIpc) is 3.58. The zero-order valence-electron chi connectivity index (χ0n) is 22.3. The van der Waals surface area contributed by atoms with E-state index in [-0.39, 0.29) is 0 Å². The summed E-state index contributed by atoms with van der Waals surface area (Å²) in [5.74, 6) is 0.655. The monoisotopic (exact) mass is 555 g/mol. The Hall–Kier alpha value is -5.46. The van der Waals surface area contributed by atoms with Crippen LogP contribution in [0.5, 0.6) is 0 Å². The van der Waals surface area contributed by atoms with Crippen molar-refractivity contribution in [2.75, 3.05) is 0 Å². The Labute approximate surface area is 244 Å². The molecule has 0 saturated heterocycles. The van der Waals surface area contributed by atoms with Gasteiger partial charge in [-0.2, -0.15) is 0 Å². The maximum Gasteiger partial charge on any atom is 0.235 e. The number of nitrogens with zero attached hydrogens (tertiary/aromatic N) is 5.